The van der Waals surface area contributed by atoms with Gasteiger partial charge in [0.15, 0.2) is 0 Å². The summed E-state index contributed by atoms with van der Waals surface area (Å²) in [5.41, 5.74) is 0. The first kappa shape index (κ1) is 14.9. The van der Waals surface area contributed by atoms with Crippen molar-refractivity contribution in [1.82, 2.24) is 4.90 Å². The third-order valence-corrected chi connectivity index (χ3v) is 2.92. The maximum atomic E-state index is 11.6. The molecule has 1 rings (SSSR count). The average molecular weight is 259 g/mol. The van der Waals surface area contributed by atoms with Crippen LogP contribution in [0.25, 0.3) is 0 Å². The lowest BCUT2D eigenvalue weighted by atomic mass is 10.1. The lowest BCUT2D eigenvalue weighted by Crippen LogP contribution is -2.31. The van der Waals surface area contributed by atoms with E-state index in [1.807, 2.05) is 0 Å². The Hall–Kier alpha value is -1.14. The van der Waals surface area contributed by atoms with E-state index in [2.05, 4.69) is 0 Å². The molecule has 1 amide bonds. The van der Waals surface area contributed by atoms with Crippen molar-refractivity contribution in [1.29, 1.82) is 0 Å². The van der Waals surface area contributed by atoms with Crippen LogP contribution in [0.2, 0.25) is 0 Å². The van der Waals surface area contributed by atoms with Gasteiger partial charge in [0.25, 0.3) is 0 Å². The van der Waals surface area contributed by atoms with Crippen LogP contribution in [-0.2, 0) is 19.1 Å². The first-order valence-electron chi connectivity index (χ1n) is 6.24. The molecule has 1 aliphatic rings. The van der Waals surface area contributed by atoms with Crippen LogP contribution in [0.1, 0.15) is 25.7 Å². The second-order valence-electron chi connectivity index (χ2n) is 4.39. The summed E-state index contributed by atoms with van der Waals surface area (Å²) in [6.45, 7) is 2.07. The summed E-state index contributed by atoms with van der Waals surface area (Å²) in [5.74, 6) is -0.976. The zero-order chi connectivity index (χ0) is 13.4. The number of nitrogens with zero attached hydrogens (tertiary/aromatic N) is 1. The first-order chi connectivity index (χ1) is 8.59. The van der Waals surface area contributed by atoms with Crippen LogP contribution < -0.4 is 0 Å². The van der Waals surface area contributed by atoms with Gasteiger partial charge < -0.3 is 19.5 Å². The fourth-order valence-electron chi connectivity index (χ4n) is 1.73. The van der Waals surface area contributed by atoms with Gasteiger partial charge in [-0.3, -0.25) is 9.59 Å². The van der Waals surface area contributed by atoms with Crippen LogP contribution in [0, 0.1) is 0 Å². The van der Waals surface area contributed by atoms with Crippen molar-refractivity contribution in [2.24, 2.45) is 0 Å². The molecular formula is C12H21NO5. The zero-order valence-electron chi connectivity index (χ0n) is 10.8. The highest BCUT2D eigenvalue weighted by Crippen LogP contribution is 2.10. The Morgan fingerprint density at radius 1 is 1.33 bits per heavy atom. The predicted molar refractivity (Wildman–Crippen MR) is 64.3 cm³/mol. The van der Waals surface area contributed by atoms with Crippen molar-refractivity contribution in [2.45, 2.75) is 31.8 Å². The number of rotatable bonds is 7. The third kappa shape index (κ3) is 5.97. The van der Waals surface area contributed by atoms with E-state index >= 15 is 0 Å². The number of carbonyl (C=O) groups is 2. The highest BCUT2D eigenvalue weighted by atomic mass is 16.5. The summed E-state index contributed by atoms with van der Waals surface area (Å²) < 4.78 is 10.8. The minimum atomic E-state index is -0.895. The van der Waals surface area contributed by atoms with Crippen molar-refractivity contribution in [3.05, 3.63) is 0 Å². The van der Waals surface area contributed by atoms with Gasteiger partial charge in [0.1, 0.15) is 0 Å². The van der Waals surface area contributed by atoms with Crippen molar-refractivity contribution in [3.8, 4) is 0 Å². The van der Waals surface area contributed by atoms with Gasteiger partial charge in [-0.25, -0.2) is 0 Å². The molecule has 6 nitrogen and oxygen atoms in total. The number of carboxylic acid groups (broad SMARTS) is 1. The molecule has 1 saturated heterocycles. The molecule has 0 aliphatic carbocycles. The highest BCUT2D eigenvalue weighted by Gasteiger charge is 2.15. The molecule has 1 aliphatic heterocycles. The van der Waals surface area contributed by atoms with Gasteiger partial charge in [0.2, 0.25) is 5.91 Å². The van der Waals surface area contributed by atoms with Crippen LogP contribution in [-0.4, -0.2) is 61.4 Å². The topological polar surface area (TPSA) is 76.1 Å². The standard InChI is InChI=1S/C12H21NO5/c1-13(6-2-12(15)16)11(14)5-9-18-10-3-7-17-8-4-10/h10H,2-9H2,1H3,(H,15,16). The molecular weight excluding hydrogens is 238 g/mol. The number of aliphatic carboxylic acids is 1. The van der Waals surface area contributed by atoms with E-state index in [1.54, 1.807) is 7.05 Å². The van der Waals surface area contributed by atoms with Gasteiger partial charge >= 0.3 is 5.97 Å². The summed E-state index contributed by atoms with van der Waals surface area (Å²) in [6, 6.07) is 0. The predicted octanol–water partition coefficient (Wildman–Crippen LogP) is 0.505. The van der Waals surface area contributed by atoms with E-state index in [-0.39, 0.29) is 25.0 Å². The van der Waals surface area contributed by atoms with E-state index in [1.165, 1.54) is 4.90 Å². The SMILES string of the molecule is CN(CCC(=O)O)C(=O)CCOC1CCOCC1. The number of carbonyl (C=O) groups excluding carboxylic acids is 1. The molecule has 0 radical (unpaired) electrons. The molecule has 0 bridgehead atoms. The van der Waals surface area contributed by atoms with Crippen molar-refractivity contribution in [3.63, 3.8) is 0 Å². The fourth-order valence-corrected chi connectivity index (χ4v) is 1.73. The monoisotopic (exact) mass is 259 g/mol. The summed E-state index contributed by atoms with van der Waals surface area (Å²) in [4.78, 5) is 23.4. The van der Waals surface area contributed by atoms with E-state index in [4.69, 9.17) is 14.6 Å². The van der Waals surface area contributed by atoms with Crippen molar-refractivity contribution in [2.75, 3.05) is 33.4 Å². The first-order valence-corrected chi connectivity index (χ1v) is 6.24. The van der Waals surface area contributed by atoms with Crippen LogP contribution in [0.5, 0.6) is 0 Å². The third-order valence-electron chi connectivity index (χ3n) is 2.92. The number of hydrogen-bond donors (Lipinski definition) is 1. The lowest BCUT2D eigenvalue weighted by molar-refractivity contribution is -0.138. The van der Waals surface area contributed by atoms with Crippen LogP contribution in [0.15, 0.2) is 0 Å². The Bertz CT molecular complexity index is 276. The number of carboxylic acids is 1. The minimum Gasteiger partial charge on any atom is -0.481 e. The van der Waals surface area contributed by atoms with Crippen molar-refractivity contribution >= 4 is 11.9 Å². The van der Waals surface area contributed by atoms with E-state index in [0.29, 0.717) is 13.0 Å². The molecule has 0 aromatic carbocycles. The van der Waals surface area contributed by atoms with Crippen molar-refractivity contribution < 1.29 is 24.2 Å². The molecule has 104 valence electrons. The van der Waals surface area contributed by atoms with Gasteiger partial charge in [-0.1, -0.05) is 0 Å². The maximum absolute atomic E-state index is 11.6. The largest absolute Gasteiger partial charge is 0.481 e. The Labute approximate surface area is 107 Å². The van der Waals surface area contributed by atoms with Gasteiger partial charge in [0, 0.05) is 26.8 Å². The molecule has 0 atom stereocenters. The molecule has 0 spiro atoms. The number of ether oxygens (including phenoxy) is 2. The quantitative estimate of drug-likeness (QED) is 0.720. The summed E-state index contributed by atoms with van der Waals surface area (Å²) in [6.07, 6.45) is 2.22. The summed E-state index contributed by atoms with van der Waals surface area (Å²) >= 11 is 0. The molecule has 18 heavy (non-hydrogen) atoms. The summed E-state index contributed by atoms with van der Waals surface area (Å²) in [7, 11) is 1.61. The normalized spacial score (nSPS) is 16.5. The molecule has 1 N–H and O–H groups in total. The molecule has 0 aromatic heterocycles. The highest BCUT2D eigenvalue weighted by molar-refractivity contribution is 5.76. The van der Waals surface area contributed by atoms with E-state index in [9.17, 15) is 9.59 Å². The summed E-state index contributed by atoms with van der Waals surface area (Å²) in [5, 5.41) is 8.52. The van der Waals surface area contributed by atoms with Crippen LogP contribution in [0.4, 0.5) is 0 Å². The molecule has 1 heterocycles. The molecule has 0 saturated carbocycles. The zero-order valence-corrected chi connectivity index (χ0v) is 10.8. The van der Waals surface area contributed by atoms with Crippen LogP contribution in [0.3, 0.4) is 0 Å². The van der Waals surface area contributed by atoms with Gasteiger partial charge in [-0.15, -0.1) is 0 Å². The van der Waals surface area contributed by atoms with Gasteiger partial charge in [0.05, 0.1) is 25.6 Å². The Balaban J connectivity index is 2.09. The minimum absolute atomic E-state index is 0.0247. The number of amides is 1. The molecule has 1 fully saturated rings. The average Bonchev–Trinajstić information content (AvgIpc) is 2.37. The van der Waals surface area contributed by atoms with Gasteiger partial charge in [-0.2, -0.15) is 0 Å². The molecule has 0 unspecified atom stereocenters. The lowest BCUT2D eigenvalue weighted by Gasteiger charge is -2.23. The smallest absolute Gasteiger partial charge is 0.305 e. The molecule has 6 heteroatoms. The Morgan fingerprint density at radius 2 is 2.00 bits per heavy atom. The Morgan fingerprint density at radius 3 is 2.61 bits per heavy atom. The second-order valence-corrected chi connectivity index (χ2v) is 4.39. The second kappa shape index (κ2) is 8.05. The Kier molecular flexibility index (Phi) is 6.67. The number of hydrogen-bond acceptors (Lipinski definition) is 4. The van der Waals surface area contributed by atoms with E-state index < -0.39 is 5.97 Å². The van der Waals surface area contributed by atoms with E-state index in [0.717, 1.165) is 26.1 Å². The maximum Gasteiger partial charge on any atom is 0.305 e. The molecule has 0 aromatic rings. The van der Waals surface area contributed by atoms with Gasteiger partial charge in [-0.05, 0) is 12.8 Å². The van der Waals surface area contributed by atoms with Crippen LogP contribution >= 0.6 is 0 Å². The fraction of sp³-hybridized carbons (Fsp3) is 0.833.